The molecule has 0 radical (unpaired) electrons. The van der Waals surface area contributed by atoms with Gasteiger partial charge in [-0.1, -0.05) is 66.9 Å². The van der Waals surface area contributed by atoms with Gasteiger partial charge in [0.1, 0.15) is 0 Å². The zero-order valence-electron chi connectivity index (χ0n) is 24.1. The summed E-state index contributed by atoms with van der Waals surface area (Å²) in [7, 11) is 7.06. The number of aliphatic imine (C=N–C) groups is 1. The molecule has 2 aliphatic rings. The fourth-order valence-corrected chi connectivity index (χ4v) is 6.82. The average molecular weight is 568 g/mol. The van der Waals surface area contributed by atoms with Crippen LogP contribution in [0.25, 0.3) is 0 Å². The zero-order valence-corrected chi connectivity index (χ0v) is 24.8. The number of carbonyl (C=O) groups excluding carboxylic acids is 2. The summed E-state index contributed by atoms with van der Waals surface area (Å²) in [5.41, 5.74) is 1.31. The second-order valence-electron chi connectivity index (χ2n) is 11.4. The van der Waals surface area contributed by atoms with E-state index in [4.69, 9.17) is 26.1 Å². The fourth-order valence-electron chi connectivity index (χ4n) is 6.69. The first-order valence-corrected chi connectivity index (χ1v) is 14.6. The number of methoxy groups -OCH3 is 2. The van der Waals surface area contributed by atoms with Crippen molar-refractivity contribution >= 4 is 29.9 Å². The molecule has 1 fully saturated rings. The van der Waals surface area contributed by atoms with Crippen molar-refractivity contribution in [2.24, 2.45) is 16.8 Å². The molecule has 7 nitrogen and oxygen atoms in total. The number of halogens is 1. The average Bonchev–Trinajstić information content (AvgIpc) is 3.31. The van der Waals surface area contributed by atoms with Crippen LogP contribution in [0.5, 0.6) is 0 Å². The second-order valence-corrected chi connectivity index (χ2v) is 11.8. The number of rotatable bonds is 11. The van der Waals surface area contributed by atoms with Crippen LogP contribution in [0.1, 0.15) is 62.1 Å². The Balaban J connectivity index is 1.52. The lowest BCUT2D eigenvalue weighted by Crippen LogP contribution is -2.52. The predicted octanol–water partition coefficient (Wildman–Crippen LogP) is 5.92. The lowest BCUT2D eigenvalue weighted by Gasteiger charge is -2.41. The Morgan fingerprint density at radius 3 is 2.30 bits per heavy atom. The van der Waals surface area contributed by atoms with Crippen LogP contribution in [0, 0.1) is 11.8 Å². The molecule has 3 atom stereocenters. The third-order valence-electron chi connectivity index (χ3n) is 8.74. The highest BCUT2D eigenvalue weighted by Crippen LogP contribution is 2.44. The van der Waals surface area contributed by atoms with Gasteiger partial charge in [0.2, 0.25) is 0 Å². The summed E-state index contributed by atoms with van der Waals surface area (Å²) in [5.74, 6) is 0.238. The minimum atomic E-state index is -1.13. The maximum atomic E-state index is 13.4. The Morgan fingerprint density at radius 1 is 1.02 bits per heavy atom. The number of hydrogen-bond acceptors (Lipinski definition) is 7. The van der Waals surface area contributed by atoms with Gasteiger partial charge in [0.15, 0.2) is 5.54 Å². The molecule has 4 rings (SSSR count). The van der Waals surface area contributed by atoms with Crippen molar-refractivity contribution in [3.05, 3.63) is 70.7 Å². The van der Waals surface area contributed by atoms with Crippen LogP contribution in [0.2, 0.25) is 5.02 Å². The third-order valence-corrected chi connectivity index (χ3v) is 8.99. The van der Waals surface area contributed by atoms with Gasteiger partial charge in [-0.2, -0.15) is 0 Å². The molecule has 40 heavy (non-hydrogen) atoms. The first-order valence-electron chi connectivity index (χ1n) is 14.2. The van der Waals surface area contributed by atoms with Crippen molar-refractivity contribution in [2.75, 3.05) is 28.3 Å². The fraction of sp³-hybridized carbons (Fsp3) is 0.531. The summed E-state index contributed by atoms with van der Waals surface area (Å²) in [5, 5.41) is 0.755. The van der Waals surface area contributed by atoms with E-state index in [9.17, 15) is 9.59 Å². The lowest BCUT2D eigenvalue weighted by molar-refractivity contribution is -0.150. The number of hydrogen-bond donors (Lipinski definition) is 0. The monoisotopic (exact) mass is 567 g/mol. The summed E-state index contributed by atoms with van der Waals surface area (Å²) in [6, 6.07) is 18.6. The van der Waals surface area contributed by atoms with E-state index in [1.807, 2.05) is 30.3 Å². The minimum absolute atomic E-state index is 0.108. The number of ether oxygens (including phenoxy) is 2. The predicted molar refractivity (Wildman–Crippen MR) is 158 cm³/mol. The summed E-state index contributed by atoms with van der Waals surface area (Å²) >= 11 is 6.16. The molecule has 2 aromatic carbocycles. The van der Waals surface area contributed by atoms with Crippen LogP contribution in [0.4, 0.5) is 0 Å². The SMILES string of the molecule is COC(=O)CCC1(C(=O)OC)N=CN(Cc2ccccc2)C1CC1CCC(C(c2ccc(Cl)cc2)N(C)C)CC1. The molecule has 3 unspecified atom stereocenters. The lowest BCUT2D eigenvalue weighted by atomic mass is 9.72. The normalized spacial score (nSPS) is 25.1. The topological polar surface area (TPSA) is 71.4 Å². The molecule has 0 spiro atoms. The maximum Gasteiger partial charge on any atom is 0.335 e. The number of esters is 2. The Labute approximate surface area is 243 Å². The molecule has 216 valence electrons. The van der Waals surface area contributed by atoms with Crippen LogP contribution in [0.15, 0.2) is 59.6 Å². The number of benzene rings is 2. The Morgan fingerprint density at radius 2 is 1.70 bits per heavy atom. The van der Waals surface area contributed by atoms with Crippen LogP contribution >= 0.6 is 11.6 Å². The van der Waals surface area contributed by atoms with Gasteiger partial charge in [-0.3, -0.25) is 9.79 Å². The van der Waals surface area contributed by atoms with E-state index < -0.39 is 11.5 Å². The van der Waals surface area contributed by atoms with Gasteiger partial charge in [0, 0.05) is 24.0 Å². The van der Waals surface area contributed by atoms with Crippen LogP contribution in [0.3, 0.4) is 0 Å². The summed E-state index contributed by atoms with van der Waals surface area (Å²) in [4.78, 5) is 34.8. The highest BCUT2D eigenvalue weighted by Gasteiger charge is 2.53. The van der Waals surface area contributed by atoms with Gasteiger partial charge >= 0.3 is 11.9 Å². The molecule has 1 aliphatic heterocycles. The van der Waals surface area contributed by atoms with Crippen molar-refractivity contribution in [3.8, 4) is 0 Å². The van der Waals surface area contributed by atoms with E-state index in [2.05, 4.69) is 48.2 Å². The number of nitrogens with zero attached hydrogens (tertiary/aromatic N) is 3. The first-order chi connectivity index (χ1) is 19.3. The molecule has 2 aromatic rings. The van der Waals surface area contributed by atoms with E-state index >= 15 is 0 Å². The molecule has 1 heterocycles. The molecule has 0 saturated heterocycles. The van der Waals surface area contributed by atoms with Crippen LogP contribution < -0.4 is 0 Å². The molecule has 0 N–H and O–H groups in total. The van der Waals surface area contributed by atoms with Crippen LogP contribution in [-0.2, 0) is 25.6 Å². The van der Waals surface area contributed by atoms with E-state index in [0.29, 0.717) is 24.4 Å². The maximum absolute atomic E-state index is 13.4. The molecule has 1 aliphatic carbocycles. The zero-order chi connectivity index (χ0) is 28.7. The van der Waals surface area contributed by atoms with Gasteiger partial charge in [0.05, 0.1) is 26.6 Å². The quantitative estimate of drug-likeness (QED) is 0.314. The van der Waals surface area contributed by atoms with Crippen molar-refractivity contribution in [2.45, 2.75) is 69.1 Å². The highest BCUT2D eigenvalue weighted by atomic mass is 35.5. The van der Waals surface area contributed by atoms with Crippen molar-refractivity contribution < 1.29 is 19.1 Å². The standard InChI is InChI=1S/C32H42ClN3O4/c1-35(2)30(26-14-16-27(33)17-15-26)25-12-10-23(11-13-25)20-28-32(31(38)40-4,19-18-29(37)39-3)34-22-36(28)21-24-8-6-5-7-9-24/h5-9,14-17,22-23,25,28,30H,10-13,18-21H2,1-4H3. The summed E-state index contributed by atoms with van der Waals surface area (Å²) < 4.78 is 10.2. The molecular weight excluding hydrogens is 526 g/mol. The largest absolute Gasteiger partial charge is 0.469 e. The molecular formula is C32H42ClN3O4. The Bertz CT molecular complexity index is 1150. The Hall–Kier alpha value is -2.90. The highest BCUT2D eigenvalue weighted by molar-refractivity contribution is 6.30. The summed E-state index contributed by atoms with van der Waals surface area (Å²) in [6.45, 7) is 0.639. The van der Waals surface area contributed by atoms with Gasteiger partial charge < -0.3 is 19.3 Å². The molecule has 0 bridgehead atoms. The molecule has 1 saturated carbocycles. The van der Waals surface area contributed by atoms with E-state index in [0.717, 1.165) is 42.7 Å². The van der Waals surface area contributed by atoms with Crippen molar-refractivity contribution in [1.82, 2.24) is 9.80 Å². The van der Waals surface area contributed by atoms with E-state index in [1.165, 1.54) is 19.8 Å². The summed E-state index contributed by atoms with van der Waals surface area (Å²) in [6.07, 6.45) is 7.33. The van der Waals surface area contributed by atoms with Crippen molar-refractivity contribution in [1.29, 1.82) is 0 Å². The smallest absolute Gasteiger partial charge is 0.335 e. The second kappa shape index (κ2) is 13.6. The van der Waals surface area contributed by atoms with E-state index in [1.54, 1.807) is 6.34 Å². The molecule has 0 amide bonds. The first kappa shape index (κ1) is 30.1. The molecule has 0 aromatic heterocycles. The van der Waals surface area contributed by atoms with Crippen LogP contribution in [-0.4, -0.2) is 68.0 Å². The van der Waals surface area contributed by atoms with Gasteiger partial charge in [-0.25, -0.2) is 4.79 Å². The van der Waals surface area contributed by atoms with E-state index in [-0.39, 0.29) is 24.9 Å². The van der Waals surface area contributed by atoms with Crippen molar-refractivity contribution in [3.63, 3.8) is 0 Å². The van der Waals surface area contributed by atoms with Gasteiger partial charge in [-0.05, 0) is 74.9 Å². The van der Waals surface area contributed by atoms with Gasteiger partial charge in [0.25, 0.3) is 0 Å². The Kier molecular flexibility index (Phi) is 10.3. The van der Waals surface area contributed by atoms with Gasteiger partial charge in [-0.15, -0.1) is 0 Å². The number of carbonyl (C=O) groups is 2. The molecule has 8 heteroatoms. The third kappa shape index (κ3) is 6.87. The minimum Gasteiger partial charge on any atom is -0.469 e.